The van der Waals surface area contributed by atoms with Gasteiger partial charge in [-0.05, 0) is 24.3 Å². The zero-order valence-corrected chi connectivity index (χ0v) is 10.2. The molecule has 1 aromatic rings. The molecule has 18 heavy (non-hydrogen) atoms. The third-order valence-electron chi connectivity index (χ3n) is 3.59. The smallest absolute Gasteiger partial charge is 0.416 e. The van der Waals surface area contributed by atoms with E-state index in [4.69, 9.17) is 4.74 Å². The summed E-state index contributed by atoms with van der Waals surface area (Å²) >= 11 is 0. The van der Waals surface area contributed by atoms with Crippen molar-refractivity contribution in [2.75, 3.05) is 0 Å². The molecule has 2 nitrogen and oxygen atoms in total. The lowest BCUT2D eigenvalue weighted by Crippen LogP contribution is -2.56. The molecule has 0 bridgehead atoms. The molecule has 0 spiro atoms. The second-order valence-electron chi connectivity index (χ2n) is 5.20. The summed E-state index contributed by atoms with van der Waals surface area (Å²) in [5.74, 6) is 0.396. The quantitative estimate of drug-likeness (QED) is 0.884. The molecular weight excluding hydrogens is 245 g/mol. The van der Waals surface area contributed by atoms with Crippen LogP contribution in [0.25, 0.3) is 0 Å². The van der Waals surface area contributed by atoms with Gasteiger partial charge in [0.1, 0.15) is 11.9 Å². The Morgan fingerprint density at radius 3 is 2.17 bits per heavy atom. The molecule has 1 aromatic carbocycles. The highest BCUT2D eigenvalue weighted by Gasteiger charge is 2.49. The minimum Gasteiger partial charge on any atom is -0.490 e. The fourth-order valence-corrected chi connectivity index (χ4v) is 1.95. The van der Waals surface area contributed by atoms with E-state index in [9.17, 15) is 18.3 Å². The first-order chi connectivity index (χ1) is 8.21. The van der Waals surface area contributed by atoms with Crippen molar-refractivity contribution < 1.29 is 23.0 Å². The lowest BCUT2D eigenvalue weighted by molar-refractivity contribution is -0.138. The summed E-state index contributed by atoms with van der Waals surface area (Å²) in [5, 5.41) is 9.55. The lowest BCUT2D eigenvalue weighted by Gasteiger charge is -2.48. The fourth-order valence-electron chi connectivity index (χ4n) is 1.95. The third-order valence-corrected chi connectivity index (χ3v) is 3.59. The number of aliphatic hydroxyl groups excluding tert-OH is 1. The van der Waals surface area contributed by atoms with Gasteiger partial charge in [0, 0.05) is 11.8 Å². The lowest BCUT2D eigenvalue weighted by atomic mass is 9.66. The highest BCUT2D eigenvalue weighted by molar-refractivity contribution is 5.29. The summed E-state index contributed by atoms with van der Waals surface area (Å²) in [6.45, 7) is 3.74. The van der Waals surface area contributed by atoms with E-state index >= 15 is 0 Å². The van der Waals surface area contributed by atoms with E-state index in [1.807, 2.05) is 13.8 Å². The number of hydrogen-bond donors (Lipinski definition) is 1. The summed E-state index contributed by atoms with van der Waals surface area (Å²) in [4.78, 5) is 0. The number of aliphatic hydroxyl groups is 1. The molecule has 0 radical (unpaired) electrons. The molecule has 100 valence electrons. The predicted octanol–water partition coefficient (Wildman–Crippen LogP) is 3.24. The molecule has 0 saturated heterocycles. The van der Waals surface area contributed by atoms with Crippen LogP contribution in [0.4, 0.5) is 13.2 Å². The van der Waals surface area contributed by atoms with Gasteiger partial charge < -0.3 is 9.84 Å². The average Bonchev–Trinajstić information content (AvgIpc) is 2.28. The molecule has 0 amide bonds. The predicted molar refractivity (Wildman–Crippen MR) is 60.3 cm³/mol. The van der Waals surface area contributed by atoms with Crippen molar-refractivity contribution in [3.8, 4) is 5.75 Å². The van der Waals surface area contributed by atoms with Crippen LogP contribution in [0.3, 0.4) is 0 Å². The molecule has 0 heterocycles. The standard InChI is InChI=1S/C13H15F3O2/c1-12(2)10(17)7-11(12)18-9-5-3-8(4-6-9)13(14,15)16/h3-6,10-11,17H,7H2,1-2H3. The minimum absolute atomic E-state index is 0.163. The van der Waals surface area contributed by atoms with Gasteiger partial charge in [-0.1, -0.05) is 13.8 Å². The van der Waals surface area contributed by atoms with E-state index in [1.54, 1.807) is 0 Å². The summed E-state index contributed by atoms with van der Waals surface area (Å²) < 4.78 is 42.7. The van der Waals surface area contributed by atoms with Crippen molar-refractivity contribution in [1.29, 1.82) is 0 Å². The van der Waals surface area contributed by atoms with Gasteiger partial charge in [0.25, 0.3) is 0 Å². The Morgan fingerprint density at radius 2 is 1.78 bits per heavy atom. The van der Waals surface area contributed by atoms with Crippen LogP contribution in [-0.4, -0.2) is 17.3 Å². The maximum atomic E-state index is 12.4. The van der Waals surface area contributed by atoms with Crippen LogP contribution in [-0.2, 0) is 6.18 Å². The molecule has 2 atom stereocenters. The second kappa shape index (κ2) is 4.16. The number of hydrogen-bond acceptors (Lipinski definition) is 2. The molecule has 5 heteroatoms. The second-order valence-corrected chi connectivity index (χ2v) is 5.20. The molecule has 0 aliphatic heterocycles. The monoisotopic (exact) mass is 260 g/mol. The van der Waals surface area contributed by atoms with Gasteiger partial charge in [0.2, 0.25) is 0 Å². The highest BCUT2D eigenvalue weighted by Crippen LogP contribution is 2.43. The third kappa shape index (κ3) is 2.32. The Balaban J connectivity index is 2.04. The Morgan fingerprint density at radius 1 is 1.22 bits per heavy atom. The maximum absolute atomic E-state index is 12.4. The summed E-state index contributed by atoms with van der Waals surface area (Å²) in [5.41, 5.74) is -1.05. The molecule has 1 fully saturated rings. The van der Waals surface area contributed by atoms with Gasteiger partial charge in [-0.3, -0.25) is 0 Å². The molecule has 2 unspecified atom stereocenters. The van der Waals surface area contributed by atoms with Crippen LogP contribution in [0.1, 0.15) is 25.8 Å². The van der Waals surface area contributed by atoms with E-state index < -0.39 is 17.8 Å². The van der Waals surface area contributed by atoms with Crippen LogP contribution in [0.2, 0.25) is 0 Å². The summed E-state index contributed by atoms with van der Waals surface area (Å²) in [7, 11) is 0. The number of rotatable bonds is 2. The summed E-state index contributed by atoms with van der Waals surface area (Å²) in [6, 6.07) is 4.61. The van der Waals surface area contributed by atoms with Gasteiger partial charge >= 0.3 is 6.18 Å². The maximum Gasteiger partial charge on any atom is 0.416 e. The Bertz CT molecular complexity index is 423. The molecule has 1 aliphatic carbocycles. The molecule has 2 rings (SSSR count). The van der Waals surface area contributed by atoms with E-state index in [1.165, 1.54) is 12.1 Å². The Kier molecular flexibility index (Phi) is 3.05. The van der Waals surface area contributed by atoms with Crippen molar-refractivity contribution >= 4 is 0 Å². The fraction of sp³-hybridized carbons (Fsp3) is 0.538. The van der Waals surface area contributed by atoms with Gasteiger partial charge in [0.15, 0.2) is 0 Å². The first kappa shape index (κ1) is 13.2. The normalized spacial score (nSPS) is 26.6. The van der Waals surface area contributed by atoms with E-state index in [0.717, 1.165) is 12.1 Å². The Labute approximate surface area is 103 Å². The van der Waals surface area contributed by atoms with Gasteiger partial charge in [0.05, 0.1) is 11.7 Å². The van der Waals surface area contributed by atoms with E-state index in [-0.39, 0.29) is 11.5 Å². The van der Waals surface area contributed by atoms with Crippen molar-refractivity contribution in [1.82, 2.24) is 0 Å². The average molecular weight is 260 g/mol. The molecule has 1 saturated carbocycles. The zero-order valence-electron chi connectivity index (χ0n) is 10.2. The first-order valence-electron chi connectivity index (χ1n) is 5.73. The van der Waals surface area contributed by atoms with E-state index in [0.29, 0.717) is 12.2 Å². The largest absolute Gasteiger partial charge is 0.490 e. The number of ether oxygens (including phenoxy) is 1. The Hall–Kier alpha value is -1.23. The van der Waals surface area contributed by atoms with Crippen LogP contribution < -0.4 is 4.74 Å². The van der Waals surface area contributed by atoms with Crippen LogP contribution in [0.5, 0.6) is 5.75 Å². The number of benzene rings is 1. The number of alkyl halides is 3. The molecular formula is C13H15F3O2. The first-order valence-corrected chi connectivity index (χ1v) is 5.73. The zero-order chi connectivity index (χ0) is 13.6. The molecule has 1 N–H and O–H groups in total. The van der Waals surface area contributed by atoms with Crippen molar-refractivity contribution in [2.45, 2.75) is 38.7 Å². The highest BCUT2D eigenvalue weighted by atomic mass is 19.4. The van der Waals surface area contributed by atoms with E-state index in [2.05, 4.69) is 0 Å². The van der Waals surface area contributed by atoms with Crippen LogP contribution in [0, 0.1) is 5.41 Å². The number of halogens is 3. The van der Waals surface area contributed by atoms with Crippen molar-refractivity contribution in [3.63, 3.8) is 0 Å². The molecule has 0 aromatic heterocycles. The van der Waals surface area contributed by atoms with Gasteiger partial charge in [-0.25, -0.2) is 0 Å². The topological polar surface area (TPSA) is 29.5 Å². The van der Waals surface area contributed by atoms with Gasteiger partial charge in [-0.2, -0.15) is 13.2 Å². The van der Waals surface area contributed by atoms with Crippen molar-refractivity contribution in [2.24, 2.45) is 5.41 Å². The van der Waals surface area contributed by atoms with Crippen molar-refractivity contribution in [3.05, 3.63) is 29.8 Å². The minimum atomic E-state index is -4.33. The summed E-state index contributed by atoms with van der Waals surface area (Å²) in [6.07, 6.45) is -4.40. The van der Waals surface area contributed by atoms with Crippen LogP contribution in [0.15, 0.2) is 24.3 Å². The SMILES string of the molecule is CC1(C)C(O)CC1Oc1ccc(C(F)(F)F)cc1. The molecule has 1 aliphatic rings. The van der Waals surface area contributed by atoms with Crippen LogP contribution >= 0.6 is 0 Å². The van der Waals surface area contributed by atoms with Gasteiger partial charge in [-0.15, -0.1) is 0 Å².